The van der Waals surface area contributed by atoms with Gasteiger partial charge in [-0.05, 0) is 0 Å². The van der Waals surface area contributed by atoms with Gasteiger partial charge in [0.25, 0.3) is 0 Å². The number of rotatable bonds is 0. The van der Waals surface area contributed by atoms with Crippen LogP contribution in [0.3, 0.4) is 0 Å². The van der Waals surface area contributed by atoms with Crippen molar-refractivity contribution in [3.63, 3.8) is 0 Å². The van der Waals surface area contributed by atoms with E-state index in [1.165, 1.54) is 11.5 Å². The van der Waals surface area contributed by atoms with Crippen LogP contribution in [-0.2, 0) is 0 Å². The average Bonchev–Trinajstić information content (AvgIpc) is 2.66. The zero-order valence-corrected chi connectivity index (χ0v) is 19.1. The van der Waals surface area contributed by atoms with Gasteiger partial charge in [-0.2, -0.15) is 23.5 Å². The highest BCUT2D eigenvalue weighted by molar-refractivity contribution is 8.76. The third-order valence-electron chi connectivity index (χ3n) is 3.69. The van der Waals surface area contributed by atoms with Crippen molar-refractivity contribution in [1.29, 1.82) is 0 Å². The van der Waals surface area contributed by atoms with Gasteiger partial charge >= 0.3 is 0 Å². The zero-order chi connectivity index (χ0) is 18.2. The van der Waals surface area contributed by atoms with Crippen LogP contribution in [0.15, 0.2) is 34.1 Å². The van der Waals surface area contributed by atoms with Crippen molar-refractivity contribution in [2.24, 2.45) is 0 Å². The fourth-order valence-electron chi connectivity index (χ4n) is 2.51. The maximum absolute atomic E-state index is 13.0. The minimum absolute atomic E-state index is 0.0263. The molecule has 0 fully saturated rings. The quantitative estimate of drug-likeness (QED) is 0.463. The molecular weight excluding hydrogens is 441 g/mol. The van der Waals surface area contributed by atoms with Gasteiger partial charge in [0.1, 0.15) is 0 Å². The molecule has 0 amide bonds. The fourth-order valence-corrected chi connectivity index (χ4v) is 9.87. The largest absolute Gasteiger partial charge is 0.288 e. The molecule has 2 nitrogen and oxygen atoms in total. The van der Waals surface area contributed by atoms with Crippen molar-refractivity contribution in [3.8, 4) is 0 Å². The Labute approximate surface area is 180 Å². The monoisotopic (exact) mass is 460 g/mol. The van der Waals surface area contributed by atoms with E-state index < -0.39 is 0 Å². The molecule has 0 saturated heterocycles. The molecular formula is C18H20O2S6. The summed E-state index contributed by atoms with van der Waals surface area (Å²) in [5, 5.41) is 0. The van der Waals surface area contributed by atoms with E-state index in [9.17, 15) is 9.59 Å². The molecule has 0 bridgehead atoms. The van der Waals surface area contributed by atoms with E-state index >= 15 is 0 Å². The van der Waals surface area contributed by atoms with Crippen molar-refractivity contribution >= 4 is 80.2 Å². The Hall–Kier alpha value is 0.400. The van der Waals surface area contributed by atoms with E-state index in [1.54, 1.807) is 35.7 Å². The number of hydrogen-bond acceptors (Lipinski definition) is 8. The van der Waals surface area contributed by atoms with Gasteiger partial charge in [0.2, 0.25) is 11.6 Å². The summed E-state index contributed by atoms with van der Waals surface area (Å²) in [6, 6.07) is 7.24. The summed E-state index contributed by atoms with van der Waals surface area (Å²) >= 11 is 6.99. The molecule has 0 saturated carbocycles. The number of ketones is 2. The van der Waals surface area contributed by atoms with Gasteiger partial charge < -0.3 is 0 Å². The van der Waals surface area contributed by atoms with Gasteiger partial charge in [-0.15, -0.1) is 23.5 Å². The molecule has 0 unspecified atom stereocenters. The number of carbonyl (C=O) groups excluding carboxylic acids is 2. The van der Waals surface area contributed by atoms with E-state index in [4.69, 9.17) is 0 Å². The summed E-state index contributed by atoms with van der Waals surface area (Å²) in [6.07, 6.45) is 0. The van der Waals surface area contributed by atoms with E-state index in [-0.39, 0.29) is 11.6 Å². The van der Waals surface area contributed by atoms with Gasteiger partial charge in [-0.3, -0.25) is 9.59 Å². The van der Waals surface area contributed by atoms with Crippen LogP contribution in [0.4, 0.5) is 0 Å². The second-order valence-electron chi connectivity index (χ2n) is 5.43. The molecule has 1 aromatic rings. The highest BCUT2D eigenvalue weighted by Crippen LogP contribution is 2.38. The number of thioether (sulfide) groups is 4. The maximum atomic E-state index is 13.0. The topological polar surface area (TPSA) is 34.1 Å². The van der Waals surface area contributed by atoms with Crippen LogP contribution in [-0.4, -0.2) is 57.6 Å². The number of fused-ring (bicyclic) bond motifs is 1. The predicted octanol–water partition coefficient (Wildman–Crippen LogP) is 5.61. The van der Waals surface area contributed by atoms with Crippen molar-refractivity contribution in [2.45, 2.75) is 0 Å². The molecule has 1 aliphatic carbocycles. The van der Waals surface area contributed by atoms with Gasteiger partial charge in [0, 0.05) is 57.1 Å². The van der Waals surface area contributed by atoms with Crippen molar-refractivity contribution < 1.29 is 9.59 Å². The Kier molecular flexibility index (Phi) is 9.27. The molecule has 0 atom stereocenters. The molecule has 1 heterocycles. The first-order valence-electron chi connectivity index (χ1n) is 8.37. The standard InChI is InChI=1S/C18H20O2S6/c19-15-13-3-1-2-4-14(13)16(20)18-17(15)23-9-5-21-7-11-25-26-12-8-22-6-10-24-18/h1-4H,5-12H2. The van der Waals surface area contributed by atoms with Crippen molar-refractivity contribution in [3.05, 3.63) is 45.2 Å². The number of hydrogen-bond donors (Lipinski definition) is 0. The Morgan fingerprint density at radius 1 is 0.577 bits per heavy atom. The summed E-state index contributed by atoms with van der Waals surface area (Å²) in [7, 11) is 3.93. The Morgan fingerprint density at radius 3 is 1.46 bits per heavy atom. The van der Waals surface area contributed by atoms with Crippen LogP contribution < -0.4 is 0 Å². The summed E-state index contributed by atoms with van der Waals surface area (Å²) in [5.74, 6) is 8.43. The molecule has 0 spiro atoms. The van der Waals surface area contributed by atoms with E-state index in [2.05, 4.69) is 0 Å². The average molecular weight is 461 g/mol. The first kappa shape index (κ1) is 21.1. The molecule has 1 aromatic carbocycles. The van der Waals surface area contributed by atoms with Crippen LogP contribution in [0.2, 0.25) is 0 Å². The SMILES string of the molecule is O=C1C2=C(SCCSCCSSCCSCCS2)C(=O)c2ccccc21. The highest BCUT2D eigenvalue weighted by Gasteiger charge is 2.32. The van der Waals surface area contributed by atoms with Crippen LogP contribution >= 0.6 is 68.6 Å². The second kappa shape index (κ2) is 11.4. The number of benzene rings is 1. The van der Waals surface area contributed by atoms with E-state index in [0.717, 1.165) is 34.5 Å². The second-order valence-corrected chi connectivity index (χ2v) is 12.8. The number of carbonyl (C=O) groups is 2. The Balaban J connectivity index is 1.77. The zero-order valence-electron chi connectivity index (χ0n) is 14.2. The smallest absolute Gasteiger partial charge is 0.201 e. The van der Waals surface area contributed by atoms with E-state index in [1.807, 2.05) is 57.2 Å². The first-order valence-corrected chi connectivity index (χ1v) is 15.1. The lowest BCUT2D eigenvalue weighted by Gasteiger charge is -2.20. The van der Waals surface area contributed by atoms with Gasteiger partial charge in [0.15, 0.2) is 0 Å². The normalized spacial score (nSPS) is 21.2. The Bertz CT molecular complexity index is 631. The molecule has 26 heavy (non-hydrogen) atoms. The molecule has 0 aromatic heterocycles. The van der Waals surface area contributed by atoms with Crippen LogP contribution in [0, 0.1) is 0 Å². The maximum Gasteiger partial charge on any atom is 0.201 e. The summed E-state index contributed by atoms with van der Waals surface area (Å²) in [5.41, 5.74) is 1.13. The van der Waals surface area contributed by atoms with E-state index in [0.29, 0.717) is 20.9 Å². The lowest BCUT2D eigenvalue weighted by atomic mass is 9.94. The summed E-state index contributed by atoms with van der Waals surface area (Å²) in [6.45, 7) is 0. The van der Waals surface area contributed by atoms with Crippen molar-refractivity contribution in [1.82, 2.24) is 0 Å². The van der Waals surface area contributed by atoms with Crippen molar-refractivity contribution in [2.75, 3.05) is 46.0 Å². The first-order chi connectivity index (χ1) is 12.8. The minimum Gasteiger partial charge on any atom is -0.288 e. The summed E-state index contributed by atoms with van der Waals surface area (Å²) < 4.78 is 0. The lowest BCUT2D eigenvalue weighted by Crippen LogP contribution is -2.20. The number of Topliss-reactive ketones (excluding diaryl/α,β-unsaturated/α-hetero) is 2. The molecule has 0 radical (unpaired) electrons. The lowest BCUT2D eigenvalue weighted by molar-refractivity contribution is 0.0988. The predicted molar refractivity (Wildman–Crippen MR) is 127 cm³/mol. The fraction of sp³-hybridized carbons (Fsp3) is 0.444. The molecule has 3 rings (SSSR count). The minimum atomic E-state index is 0.0263. The van der Waals surface area contributed by atoms with Crippen LogP contribution in [0.1, 0.15) is 20.7 Å². The Morgan fingerprint density at radius 2 is 1.00 bits per heavy atom. The van der Waals surface area contributed by atoms with Crippen LogP contribution in [0.5, 0.6) is 0 Å². The third-order valence-corrected chi connectivity index (χ3v) is 11.4. The molecule has 140 valence electrons. The van der Waals surface area contributed by atoms with Crippen LogP contribution in [0.25, 0.3) is 0 Å². The van der Waals surface area contributed by atoms with Gasteiger partial charge in [-0.1, -0.05) is 45.9 Å². The van der Waals surface area contributed by atoms with Gasteiger partial charge in [0.05, 0.1) is 9.81 Å². The third kappa shape index (κ3) is 5.70. The molecule has 2 aliphatic rings. The molecule has 0 N–H and O–H groups in total. The highest BCUT2D eigenvalue weighted by atomic mass is 33.1. The van der Waals surface area contributed by atoms with Gasteiger partial charge in [-0.25, -0.2) is 0 Å². The molecule has 1 aliphatic heterocycles. The summed E-state index contributed by atoms with van der Waals surface area (Å²) in [4.78, 5) is 27.3. The molecule has 8 heteroatoms. The number of allylic oxidation sites excluding steroid dienone is 2.